The Kier molecular flexibility index (Phi) is 10.3. The van der Waals surface area contributed by atoms with Crippen LogP contribution in [0.2, 0.25) is 31.2 Å². The zero-order chi connectivity index (χ0) is 26.8. The molecular weight excluding hydrogens is 515 g/mol. The first-order valence-corrected chi connectivity index (χ1v) is 19.3. The predicted octanol–water partition coefficient (Wildman–Crippen LogP) is 5.41. The quantitative estimate of drug-likeness (QED) is 0.384. The number of rotatable bonds is 10. The maximum absolute atomic E-state index is 13.3. The second kappa shape index (κ2) is 11.8. The minimum atomic E-state index is -2.01. The zero-order valence-corrected chi connectivity index (χ0v) is 26.9. The number of anilines is 1. The van der Waals surface area contributed by atoms with E-state index in [-0.39, 0.29) is 33.6 Å². The van der Waals surface area contributed by atoms with Gasteiger partial charge in [0.25, 0.3) is 5.91 Å². The Labute approximate surface area is 223 Å². The van der Waals surface area contributed by atoms with E-state index < -0.39 is 17.4 Å². The highest BCUT2D eigenvalue weighted by molar-refractivity contribution is 8.14. The lowest BCUT2D eigenvalue weighted by atomic mass is 9.85. The van der Waals surface area contributed by atoms with Gasteiger partial charge in [-0.3, -0.25) is 9.59 Å². The molecule has 1 aromatic heterocycles. The van der Waals surface area contributed by atoms with Crippen molar-refractivity contribution in [3.8, 4) is 0 Å². The molecule has 1 saturated heterocycles. The lowest BCUT2D eigenvalue weighted by Gasteiger charge is -2.42. The lowest BCUT2D eigenvalue weighted by molar-refractivity contribution is -0.109. The molecule has 2 rings (SSSR count). The van der Waals surface area contributed by atoms with Crippen LogP contribution in [0.5, 0.6) is 0 Å². The van der Waals surface area contributed by atoms with Crippen molar-refractivity contribution >= 4 is 56.6 Å². The third-order valence-corrected chi connectivity index (χ3v) is 13.6. The number of carbonyl (C=O) groups is 2. The van der Waals surface area contributed by atoms with Crippen LogP contribution in [0.4, 0.5) is 5.13 Å². The predicted molar refractivity (Wildman–Crippen MR) is 153 cm³/mol. The molecule has 0 aromatic carbocycles. The van der Waals surface area contributed by atoms with Crippen molar-refractivity contribution < 1.29 is 18.4 Å². The van der Waals surface area contributed by atoms with Gasteiger partial charge in [0.1, 0.15) is 5.69 Å². The van der Waals surface area contributed by atoms with Crippen LogP contribution in [0.25, 0.3) is 0 Å². The molecular formula is C24H44N3O4S2Si2. The van der Waals surface area contributed by atoms with Gasteiger partial charge in [-0.05, 0) is 36.6 Å². The first-order valence-electron chi connectivity index (χ1n) is 12.2. The minimum absolute atomic E-state index is 0.0731. The van der Waals surface area contributed by atoms with E-state index in [0.717, 1.165) is 18.2 Å². The second-order valence-electron chi connectivity index (χ2n) is 12.1. The van der Waals surface area contributed by atoms with Gasteiger partial charge in [-0.1, -0.05) is 53.3 Å². The molecule has 2 heterocycles. The van der Waals surface area contributed by atoms with Crippen molar-refractivity contribution in [3.63, 3.8) is 0 Å². The maximum atomic E-state index is 13.3. The Hall–Kier alpha value is -0.726. The largest absolute Gasteiger partial charge is 0.415 e. The molecule has 1 N–H and O–H groups in total. The van der Waals surface area contributed by atoms with E-state index in [9.17, 15) is 9.59 Å². The average Bonchev–Trinajstić information content (AvgIpc) is 3.13. The number of amides is 1. The van der Waals surface area contributed by atoms with Gasteiger partial charge in [-0.2, -0.15) is 0 Å². The van der Waals surface area contributed by atoms with Gasteiger partial charge < -0.3 is 19.1 Å². The van der Waals surface area contributed by atoms with Gasteiger partial charge in [0.15, 0.2) is 18.6 Å². The third kappa shape index (κ3) is 8.67. The van der Waals surface area contributed by atoms with Gasteiger partial charge in [-0.15, -0.1) is 11.3 Å². The number of hydrogen-bond acceptors (Lipinski definition) is 8. The summed E-state index contributed by atoms with van der Waals surface area (Å²) in [6.07, 6.45) is -0.182. The van der Waals surface area contributed by atoms with E-state index in [1.807, 2.05) is 5.38 Å². The molecule has 2 atom stereocenters. The second-order valence-corrected chi connectivity index (χ2v) is 21.3. The molecule has 1 aliphatic rings. The molecule has 199 valence electrons. The number of aromatic nitrogens is 1. The van der Waals surface area contributed by atoms with E-state index in [2.05, 4.69) is 82.9 Å². The van der Waals surface area contributed by atoms with Gasteiger partial charge >= 0.3 is 0 Å². The van der Waals surface area contributed by atoms with Crippen LogP contribution in [0, 0.1) is 5.41 Å². The molecule has 11 heteroatoms. The molecule has 1 amide bonds. The first kappa shape index (κ1) is 30.5. The Bertz CT molecular complexity index is 875. The summed E-state index contributed by atoms with van der Waals surface area (Å²) in [5, 5.41) is 6.36. The average molecular weight is 559 g/mol. The van der Waals surface area contributed by atoms with Crippen LogP contribution in [-0.4, -0.2) is 70.5 Å². The molecule has 7 nitrogen and oxygen atoms in total. The van der Waals surface area contributed by atoms with E-state index >= 15 is 0 Å². The van der Waals surface area contributed by atoms with E-state index in [1.54, 1.807) is 6.92 Å². The van der Waals surface area contributed by atoms with Crippen molar-refractivity contribution in [2.45, 2.75) is 97.1 Å². The summed E-state index contributed by atoms with van der Waals surface area (Å²) < 4.78 is 13.0. The number of carbonyl (C=O) groups excluding carboxylic acids is 2. The van der Waals surface area contributed by atoms with Crippen LogP contribution >= 0.6 is 23.1 Å². The summed E-state index contributed by atoms with van der Waals surface area (Å²) >= 11 is 2.84. The first-order chi connectivity index (χ1) is 15.9. The molecule has 0 saturated carbocycles. The maximum Gasteiger partial charge on any atom is 0.271 e. The topological polar surface area (TPSA) is 80.8 Å². The van der Waals surface area contributed by atoms with Crippen LogP contribution in [0.3, 0.4) is 0 Å². The Balaban J connectivity index is 2.17. The van der Waals surface area contributed by atoms with Crippen LogP contribution in [-0.2, 0) is 13.6 Å². The number of thioether (sulfide) groups is 1. The monoisotopic (exact) mass is 558 g/mol. The fourth-order valence-corrected chi connectivity index (χ4v) is 7.35. The molecule has 1 radical (unpaired) electrons. The molecule has 1 aromatic rings. The Morgan fingerprint density at radius 1 is 1.26 bits per heavy atom. The van der Waals surface area contributed by atoms with Gasteiger partial charge in [-0.25, -0.2) is 4.98 Å². The fourth-order valence-electron chi connectivity index (χ4n) is 3.50. The van der Waals surface area contributed by atoms with Crippen LogP contribution in [0.1, 0.15) is 59.0 Å². The molecule has 0 spiro atoms. The van der Waals surface area contributed by atoms with Crippen molar-refractivity contribution in [3.05, 3.63) is 11.1 Å². The number of thiazole rings is 1. The fraction of sp³-hybridized carbons (Fsp3) is 0.792. The normalized spacial score (nSPS) is 17.3. The molecule has 1 aliphatic heterocycles. The number of nitrogens with zero attached hydrogens (tertiary/aromatic N) is 2. The van der Waals surface area contributed by atoms with Crippen molar-refractivity contribution in [1.29, 1.82) is 0 Å². The molecule has 2 unspecified atom stereocenters. The highest BCUT2D eigenvalue weighted by Crippen LogP contribution is 2.37. The third-order valence-electron chi connectivity index (χ3n) is 6.50. The summed E-state index contributed by atoms with van der Waals surface area (Å²) in [4.78, 5) is 31.3. The van der Waals surface area contributed by atoms with Gasteiger partial charge in [0, 0.05) is 30.6 Å². The Morgan fingerprint density at radius 2 is 1.86 bits per heavy atom. The number of nitrogens with one attached hydrogen (secondary N) is 1. The zero-order valence-electron chi connectivity index (χ0n) is 23.3. The molecule has 1 fully saturated rings. The van der Waals surface area contributed by atoms with Crippen molar-refractivity contribution in [2.24, 2.45) is 5.41 Å². The summed E-state index contributed by atoms with van der Waals surface area (Å²) in [6.45, 7) is 25.3. The molecule has 0 aliphatic carbocycles. The van der Waals surface area contributed by atoms with Crippen LogP contribution in [0.15, 0.2) is 5.38 Å². The van der Waals surface area contributed by atoms with E-state index in [1.165, 1.54) is 23.1 Å². The van der Waals surface area contributed by atoms with Crippen molar-refractivity contribution in [1.82, 2.24) is 10.3 Å². The van der Waals surface area contributed by atoms with E-state index in [4.69, 9.17) is 8.85 Å². The minimum Gasteiger partial charge on any atom is -0.415 e. The molecule has 0 bridgehead atoms. The summed E-state index contributed by atoms with van der Waals surface area (Å²) in [7, 11) is -3.01. The highest BCUT2D eigenvalue weighted by Gasteiger charge is 2.41. The smallest absolute Gasteiger partial charge is 0.271 e. The summed E-state index contributed by atoms with van der Waals surface area (Å²) in [5.74, 6) is -0.203. The standard InChI is InChI=1S/C24H44N3O4S2Si2/c1-16(28)33-17-12-27(13-17)22-26-19(15-32-22)21(29)25-18(14-30-35(10,11)24(5,6)7)20(23(2,3)4)31-34(8)9/h15,17-18,20H,12-14H2,1-11H3,(H,25,29). The van der Waals surface area contributed by atoms with Crippen molar-refractivity contribution in [2.75, 3.05) is 24.6 Å². The number of hydrogen-bond donors (Lipinski definition) is 1. The summed E-state index contributed by atoms with van der Waals surface area (Å²) in [5.41, 5.74) is 0.237. The van der Waals surface area contributed by atoms with Gasteiger partial charge in [0.2, 0.25) is 9.04 Å². The van der Waals surface area contributed by atoms with E-state index in [0.29, 0.717) is 17.6 Å². The highest BCUT2D eigenvalue weighted by atomic mass is 32.2. The Morgan fingerprint density at radius 3 is 2.34 bits per heavy atom. The summed E-state index contributed by atoms with van der Waals surface area (Å²) in [6, 6.07) is -0.290. The SMILES string of the molecule is CC(=O)SC1CN(c2nc(C(=O)NC(CO[Si](C)(C)C(C)(C)C)C(O[Si](C)C)C(C)(C)C)cs2)C1. The van der Waals surface area contributed by atoms with Gasteiger partial charge in [0.05, 0.1) is 18.8 Å². The lowest BCUT2D eigenvalue weighted by Crippen LogP contribution is -2.55. The van der Waals surface area contributed by atoms with Crippen LogP contribution < -0.4 is 10.2 Å². The molecule has 35 heavy (non-hydrogen) atoms.